The van der Waals surface area contributed by atoms with Crippen molar-refractivity contribution in [3.05, 3.63) is 0 Å². The van der Waals surface area contributed by atoms with Gasteiger partial charge >= 0.3 is 0 Å². The molecule has 2 saturated carbocycles. The van der Waals surface area contributed by atoms with Gasteiger partial charge in [0.15, 0.2) is 0 Å². The van der Waals surface area contributed by atoms with Crippen LogP contribution in [-0.4, -0.2) is 21.2 Å². The van der Waals surface area contributed by atoms with Gasteiger partial charge in [0.2, 0.25) is 9.12 Å². The average molecular weight is 239 g/mol. The first kappa shape index (κ1) is 12.6. The van der Waals surface area contributed by atoms with Crippen molar-refractivity contribution in [2.24, 2.45) is 0 Å². The quantitative estimate of drug-likeness (QED) is 0.737. The number of rotatable bonds is 4. The smallest absolute Gasteiger partial charge is 0.220 e. The van der Waals surface area contributed by atoms with Crippen molar-refractivity contribution in [3.8, 4) is 0 Å². The Labute approximate surface area is 102 Å². The van der Waals surface area contributed by atoms with E-state index in [0.717, 1.165) is 12.1 Å². The molecule has 3 heteroatoms. The molecule has 93 valence electrons. The van der Waals surface area contributed by atoms with Gasteiger partial charge in [0, 0.05) is 12.1 Å². The molecule has 2 aliphatic carbocycles. The average Bonchev–Trinajstić information content (AvgIpc) is 2.31. The predicted molar refractivity (Wildman–Crippen MR) is 71.6 cm³/mol. The molecule has 2 fully saturated rings. The van der Waals surface area contributed by atoms with Gasteiger partial charge in [-0.25, -0.2) is 0 Å². The molecule has 0 bridgehead atoms. The third kappa shape index (κ3) is 4.19. The Morgan fingerprint density at radius 3 is 1.44 bits per heavy atom. The Balaban J connectivity index is 1.64. The summed E-state index contributed by atoms with van der Waals surface area (Å²) in [5.41, 5.74) is 0. The molecule has 0 spiro atoms. The van der Waals surface area contributed by atoms with Crippen LogP contribution in [0.1, 0.15) is 64.2 Å². The van der Waals surface area contributed by atoms with E-state index >= 15 is 0 Å². The molecular formula is C13H27N2Si. The number of hydrogen-bond donors (Lipinski definition) is 2. The summed E-state index contributed by atoms with van der Waals surface area (Å²) in [6.45, 7) is 2.40. The maximum Gasteiger partial charge on any atom is 0.220 e. The molecule has 0 saturated heterocycles. The minimum atomic E-state index is -0.487. The lowest BCUT2D eigenvalue weighted by Crippen LogP contribution is -2.54. The minimum absolute atomic E-state index is 0.487. The molecule has 0 aliphatic heterocycles. The van der Waals surface area contributed by atoms with Crippen molar-refractivity contribution in [1.82, 2.24) is 9.96 Å². The monoisotopic (exact) mass is 239 g/mol. The van der Waals surface area contributed by atoms with Gasteiger partial charge in [-0.1, -0.05) is 38.5 Å². The molecule has 0 unspecified atom stereocenters. The summed E-state index contributed by atoms with van der Waals surface area (Å²) in [6, 6.07) is 1.65. The van der Waals surface area contributed by atoms with Gasteiger partial charge in [0.05, 0.1) is 0 Å². The fraction of sp³-hybridized carbons (Fsp3) is 1.00. The third-order valence-electron chi connectivity index (χ3n) is 4.05. The van der Waals surface area contributed by atoms with E-state index in [2.05, 4.69) is 16.5 Å². The van der Waals surface area contributed by atoms with E-state index in [4.69, 9.17) is 0 Å². The largest absolute Gasteiger partial charge is 0.323 e. The molecule has 0 amide bonds. The molecule has 0 aromatic carbocycles. The van der Waals surface area contributed by atoms with E-state index in [0.29, 0.717) is 0 Å². The van der Waals surface area contributed by atoms with Crippen LogP contribution in [0.15, 0.2) is 0 Å². The summed E-state index contributed by atoms with van der Waals surface area (Å²) in [7, 11) is -0.487. The lowest BCUT2D eigenvalue weighted by Gasteiger charge is -2.30. The van der Waals surface area contributed by atoms with Gasteiger partial charge in [-0.05, 0) is 32.2 Å². The highest BCUT2D eigenvalue weighted by Crippen LogP contribution is 2.19. The zero-order valence-electron chi connectivity index (χ0n) is 10.7. The minimum Gasteiger partial charge on any atom is -0.323 e. The fourth-order valence-electron chi connectivity index (χ4n) is 3.15. The molecule has 2 rings (SSSR count). The van der Waals surface area contributed by atoms with Gasteiger partial charge in [0.1, 0.15) is 0 Å². The van der Waals surface area contributed by atoms with Crippen molar-refractivity contribution >= 4 is 9.12 Å². The zero-order chi connectivity index (χ0) is 11.2. The first-order valence-electron chi connectivity index (χ1n) is 7.21. The molecule has 2 aliphatic rings. The standard InChI is InChI=1S/C13H27N2Si/c1-16(14-12-8-4-2-5-9-12)15-13-10-6-3-7-11-13/h12-15H,2-11H2,1H3. The van der Waals surface area contributed by atoms with Crippen LogP contribution >= 0.6 is 0 Å². The molecule has 2 nitrogen and oxygen atoms in total. The maximum absolute atomic E-state index is 3.86. The first-order chi connectivity index (χ1) is 7.84. The summed E-state index contributed by atoms with van der Waals surface area (Å²) in [6.07, 6.45) is 14.3. The van der Waals surface area contributed by atoms with E-state index < -0.39 is 9.12 Å². The van der Waals surface area contributed by atoms with Gasteiger partial charge in [-0.2, -0.15) is 0 Å². The highest BCUT2D eigenvalue weighted by atomic mass is 28.3. The molecule has 0 aromatic rings. The second kappa shape index (κ2) is 6.77. The fourth-order valence-corrected chi connectivity index (χ4v) is 5.03. The molecule has 1 radical (unpaired) electrons. The highest BCUT2D eigenvalue weighted by molar-refractivity contribution is 6.51. The second-order valence-electron chi connectivity index (χ2n) is 5.58. The summed E-state index contributed by atoms with van der Waals surface area (Å²) < 4.78 is 0. The van der Waals surface area contributed by atoms with Crippen molar-refractivity contribution in [2.45, 2.75) is 82.8 Å². The van der Waals surface area contributed by atoms with E-state index in [1.54, 1.807) is 0 Å². The van der Waals surface area contributed by atoms with Crippen molar-refractivity contribution in [2.75, 3.05) is 0 Å². The second-order valence-corrected chi connectivity index (χ2v) is 7.41. The Morgan fingerprint density at radius 2 is 1.06 bits per heavy atom. The van der Waals surface area contributed by atoms with Crippen LogP contribution in [0.4, 0.5) is 0 Å². The number of nitrogens with one attached hydrogen (secondary N) is 2. The summed E-state index contributed by atoms with van der Waals surface area (Å²) >= 11 is 0. The van der Waals surface area contributed by atoms with Crippen molar-refractivity contribution in [1.29, 1.82) is 0 Å². The van der Waals surface area contributed by atoms with Crippen molar-refractivity contribution < 1.29 is 0 Å². The normalized spacial score (nSPS) is 25.1. The van der Waals surface area contributed by atoms with Gasteiger partial charge < -0.3 is 9.96 Å². The Hall–Kier alpha value is 0.137. The molecule has 0 atom stereocenters. The summed E-state index contributed by atoms with van der Waals surface area (Å²) in [4.78, 5) is 7.71. The molecular weight excluding hydrogens is 212 g/mol. The van der Waals surface area contributed by atoms with E-state index in [1.807, 2.05) is 0 Å². The first-order valence-corrected chi connectivity index (χ1v) is 9.21. The number of hydrogen-bond acceptors (Lipinski definition) is 2. The van der Waals surface area contributed by atoms with E-state index in [9.17, 15) is 0 Å². The van der Waals surface area contributed by atoms with Crippen LogP contribution in [0.2, 0.25) is 6.55 Å². The highest BCUT2D eigenvalue weighted by Gasteiger charge is 2.20. The van der Waals surface area contributed by atoms with Gasteiger partial charge in [-0.15, -0.1) is 0 Å². The topological polar surface area (TPSA) is 24.1 Å². The van der Waals surface area contributed by atoms with E-state index in [1.165, 1.54) is 64.2 Å². The molecule has 0 aromatic heterocycles. The van der Waals surface area contributed by atoms with Gasteiger partial charge in [0.25, 0.3) is 0 Å². The summed E-state index contributed by atoms with van der Waals surface area (Å²) in [5, 5.41) is 0. The SMILES string of the molecule is C[Si](NC1CCCCC1)NC1CCCCC1. The Morgan fingerprint density at radius 1 is 0.688 bits per heavy atom. The predicted octanol–water partition coefficient (Wildman–Crippen LogP) is 2.95. The lowest BCUT2D eigenvalue weighted by atomic mass is 9.96. The van der Waals surface area contributed by atoms with Crippen LogP contribution in [0, 0.1) is 0 Å². The third-order valence-corrected chi connectivity index (χ3v) is 5.73. The maximum atomic E-state index is 3.86. The summed E-state index contributed by atoms with van der Waals surface area (Å²) in [5.74, 6) is 0. The van der Waals surface area contributed by atoms with Gasteiger partial charge in [-0.3, -0.25) is 0 Å². The van der Waals surface area contributed by atoms with Crippen LogP contribution in [0.3, 0.4) is 0 Å². The van der Waals surface area contributed by atoms with Crippen LogP contribution in [0.5, 0.6) is 0 Å². The van der Waals surface area contributed by atoms with Crippen LogP contribution in [0.25, 0.3) is 0 Å². The molecule has 2 N–H and O–H groups in total. The lowest BCUT2D eigenvalue weighted by molar-refractivity contribution is 0.397. The molecule has 16 heavy (non-hydrogen) atoms. The Bertz CT molecular complexity index is 166. The zero-order valence-corrected chi connectivity index (χ0v) is 11.7. The van der Waals surface area contributed by atoms with Crippen LogP contribution in [-0.2, 0) is 0 Å². The van der Waals surface area contributed by atoms with Crippen molar-refractivity contribution in [3.63, 3.8) is 0 Å². The van der Waals surface area contributed by atoms with Crippen LogP contribution < -0.4 is 9.96 Å². The Kier molecular flexibility index (Phi) is 5.33. The molecule has 0 heterocycles. The van der Waals surface area contributed by atoms with E-state index in [-0.39, 0.29) is 0 Å².